The molecule has 1 aliphatic rings. The number of H-pyrrole nitrogens is 1. The SMILES string of the molecule is Nc1cccc2cc(C(=O)NC3CC3)[nH]c12. The number of benzene rings is 1. The zero-order chi connectivity index (χ0) is 11.1. The van der Waals surface area contributed by atoms with Gasteiger partial charge in [0.15, 0.2) is 0 Å². The van der Waals surface area contributed by atoms with E-state index in [0.717, 1.165) is 23.7 Å². The molecule has 4 N–H and O–H groups in total. The highest BCUT2D eigenvalue weighted by Crippen LogP contribution is 2.23. The molecule has 1 aromatic carbocycles. The summed E-state index contributed by atoms with van der Waals surface area (Å²) in [5.74, 6) is -0.0434. The largest absolute Gasteiger partial charge is 0.397 e. The van der Waals surface area contributed by atoms with Crippen molar-refractivity contribution in [2.24, 2.45) is 0 Å². The molecule has 0 radical (unpaired) electrons. The Hall–Kier alpha value is -1.97. The average Bonchev–Trinajstić information content (AvgIpc) is 2.95. The number of amides is 1. The molecular formula is C12H13N3O. The minimum atomic E-state index is -0.0434. The average molecular weight is 215 g/mol. The van der Waals surface area contributed by atoms with Gasteiger partial charge in [-0.15, -0.1) is 0 Å². The molecule has 1 heterocycles. The van der Waals surface area contributed by atoms with Crippen molar-refractivity contribution in [2.75, 3.05) is 5.73 Å². The van der Waals surface area contributed by atoms with Gasteiger partial charge in [-0.05, 0) is 25.0 Å². The fourth-order valence-electron chi connectivity index (χ4n) is 1.79. The van der Waals surface area contributed by atoms with Crippen molar-refractivity contribution < 1.29 is 4.79 Å². The maximum atomic E-state index is 11.8. The van der Waals surface area contributed by atoms with Crippen molar-refractivity contribution in [1.29, 1.82) is 0 Å². The van der Waals surface area contributed by atoms with Crippen LogP contribution in [0.4, 0.5) is 5.69 Å². The van der Waals surface area contributed by atoms with Crippen LogP contribution in [0.5, 0.6) is 0 Å². The molecule has 0 spiro atoms. The number of fused-ring (bicyclic) bond motifs is 1. The Morgan fingerprint density at radius 1 is 1.44 bits per heavy atom. The number of rotatable bonds is 2. The molecule has 4 nitrogen and oxygen atoms in total. The monoisotopic (exact) mass is 215 g/mol. The third kappa shape index (κ3) is 1.52. The van der Waals surface area contributed by atoms with Gasteiger partial charge >= 0.3 is 0 Å². The lowest BCUT2D eigenvalue weighted by Gasteiger charge is -1.99. The van der Waals surface area contributed by atoms with E-state index in [1.165, 1.54) is 0 Å². The van der Waals surface area contributed by atoms with Gasteiger partial charge in [-0.2, -0.15) is 0 Å². The van der Waals surface area contributed by atoms with Gasteiger partial charge in [0.05, 0.1) is 11.2 Å². The van der Waals surface area contributed by atoms with Crippen LogP contribution in [-0.4, -0.2) is 16.9 Å². The Morgan fingerprint density at radius 2 is 2.25 bits per heavy atom. The van der Waals surface area contributed by atoms with Crippen LogP contribution in [0, 0.1) is 0 Å². The highest BCUT2D eigenvalue weighted by atomic mass is 16.2. The summed E-state index contributed by atoms with van der Waals surface area (Å²) in [6.07, 6.45) is 2.18. The molecule has 16 heavy (non-hydrogen) atoms. The number of nitrogen functional groups attached to an aromatic ring is 1. The minimum absolute atomic E-state index is 0.0434. The van der Waals surface area contributed by atoms with Crippen LogP contribution in [0.3, 0.4) is 0 Å². The lowest BCUT2D eigenvalue weighted by atomic mass is 10.2. The van der Waals surface area contributed by atoms with Gasteiger partial charge in [0.1, 0.15) is 5.69 Å². The normalized spacial score (nSPS) is 15.2. The number of aromatic nitrogens is 1. The molecule has 1 aliphatic carbocycles. The molecule has 3 rings (SSSR count). The van der Waals surface area contributed by atoms with Crippen molar-refractivity contribution in [3.8, 4) is 0 Å². The highest BCUT2D eigenvalue weighted by molar-refractivity contribution is 6.01. The first-order valence-corrected chi connectivity index (χ1v) is 5.42. The molecule has 1 amide bonds. The molecule has 0 unspecified atom stereocenters. The fraction of sp³-hybridized carbons (Fsp3) is 0.250. The smallest absolute Gasteiger partial charge is 0.267 e. The van der Waals surface area contributed by atoms with Crippen molar-refractivity contribution in [2.45, 2.75) is 18.9 Å². The Labute approximate surface area is 92.8 Å². The summed E-state index contributed by atoms with van der Waals surface area (Å²) < 4.78 is 0. The van der Waals surface area contributed by atoms with Gasteiger partial charge < -0.3 is 16.0 Å². The van der Waals surface area contributed by atoms with E-state index < -0.39 is 0 Å². The number of carbonyl (C=O) groups is 1. The van der Waals surface area contributed by atoms with E-state index in [4.69, 9.17) is 5.73 Å². The summed E-state index contributed by atoms with van der Waals surface area (Å²) in [5.41, 5.74) is 7.91. The second-order valence-corrected chi connectivity index (χ2v) is 4.24. The third-order valence-corrected chi connectivity index (χ3v) is 2.85. The first-order chi connectivity index (χ1) is 7.74. The number of nitrogens with one attached hydrogen (secondary N) is 2. The predicted molar refractivity (Wildman–Crippen MR) is 63.2 cm³/mol. The lowest BCUT2D eigenvalue weighted by molar-refractivity contribution is 0.0947. The molecule has 0 atom stereocenters. The van der Waals surface area contributed by atoms with Crippen LogP contribution in [0.1, 0.15) is 23.3 Å². The molecule has 1 saturated carbocycles. The molecule has 0 bridgehead atoms. The predicted octanol–water partition coefficient (Wildman–Crippen LogP) is 1.64. The third-order valence-electron chi connectivity index (χ3n) is 2.85. The molecular weight excluding hydrogens is 202 g/mol. The zero-order valence-electron chi connectivity index (χ0n) is 8.79. The summed E-state index contributed by atoms with van der Waals surface area (Å²) >= 11 is 0. The second-order valence-electron chi connectivity index (χ2n) is 4.24. The Kier molecular flexibility index (Phi) is 1.89. The van der Waals surface area contributed by atoms with Crippen molar-refractivity contribution in [3.05, 3.63) is 30.0 Å². The minimum Gasteiger partial charge on any atom is -0.397 e. The quantitative estimate of drug-likeness (QED) is 0.666. The van der Waals surface area contributed by atoms with Crippen molar-refractivity contribution in [1.82, 2.24) is 10.3 Å². The van der Waals surface area contributed by atoms with Crippen LogP contribution in [0.15, 0.2) is 24.3 Å². The molecule has 2 aromatic rings. The Balaban J connectivity index is 1.97. The number of para-hydroxylation sites is 1. The molecule has 0 saturated heterocycles. The lowest BCUT2D eigenvalue weighted by Crippen LogP contribution is -2.25. The van der Waals surface area contributed by atoms with Crippen LogP contribution in [0.2, 0.25) is 0 Å². The topological polar surface area (TPSA) is 70.9 Å². The van der Waals surface area contributed by atoms with Crippen LogP contribution in [0.25, 0.3) is 10.9 Å². The van der Waals surface area contributed by atoms with E-state index in [-0.39, 0.29) is 5.91 Å². The van der Waals surface area contributed by atoms with Crippen LogP contribution >= 0.6 is 0 Å². The number of nitrogens with two attached hydrogens (primary N) is 1. The van der Waals surface area contributed by atoms with Crippen LogP contribution < -0.4 is 11.1 Å². The van der Waals surface area contributed by atoms with E-state index in [1.54, 1.807) is 0 Å². The van der Waals surface area contributed by atoms with Gasteiger partial charge in [-0.1, -0.05) is 12.1 Å². The molecule has 0 aliphatic heterocycles. The molecule has 1 aromatic heterocycles. The van der Waals surface area contributed by atoms with E-state index in [2.05, 4.69) is 10.3 Å². The van der Waals surface area contributed by atoms with E-state index in [9.17, 15) is 4.79 Å². The van der Waals surface area contributed by atoms with Gasteiger partial charge in [0, 0.05) is 11.4 Å². The molecule has 82 valence electrons. The fourth-order valence-corrected chi connectivity index (χ4v) is 1.79. The highest BCUT2D eigenvalue weighted by Gasteiger charge is 2.24. The summed E-state index contributed by atoms with van der Waals surface area (Å²) in [5, 5.41) is 3.91. The number of anilines is 1. The first kappa shape index (κ1) is 9.27. The summed E-state index contributed by atoms with van der Waals surface area (Å²) in [4.78, 5) is 14.9. The maximum absolute atomic E-state index is 11.8. The Morgan fingerprint density at radius 3 is 2.94 bits per heavy atom. The van der Waals surface area contributed by atoms with Gasteiger partial charge in [0.2, 0.25) is 0 Å². The van der Waals surface area contributed by atoms with Gasteiger partial charge in [-0.3, -0.25) is 4.79 Å². The van der Waals surface area contributed by atoms with Gasteiger partial charge in [-0.25, -0.2) is 0 Å². The van der Waals surface area contributed by atoms with E-state index in [1.807, 2.05) is 24.3 Å². The maximum Gasteiger partial charge on any atom is 0.267 e. The summed E-state index contributed by atoms with van der Waals surface area (Å²) in [6, 6.07) is 7.85. The van der Waals surface area contributed by atoms with E-state index >= 15 is 0 Å². The second kappa shape index (κ2) is 3.27. The zero-order valence-corrected chi connectivity index (χ0v) is 8.79. The van der Waals surface area contributed by atoms with E-state index in [0.29, 0.717) is 17.4 Å². The number of hydrogen-bond donors (Lipinski definition) is 3. The number of carbonyl (C=O) groups excluding carboxylic acids is 1. The number of aromatic amines is 1. The summed E-state index contributed by atoms with van der Waals surface area (Å²) in [7, 11) is 0. The first-order valence-electron chi connectivity index (χ1n) is 5.42. The standard InChI is InChI=1S/C12H13N3O/c13-9-3-1-2-7-6-10(15-11(7)9)12(16)14-8-4-5-8/h1-3,6,8,15H,4-5,13H2,(H,14,16). The molecule has 4 heteroatoms. The van der Waals surface area contributed by atoms with Crippen LogP contribution in [-0.2, 0) is 0 Å². The van der Waals surface area contributed by atoms with Crippen molar-refractivity contribution in [3.63, 3.8) is 0 Å². The molecule has 1 fully saturated rings. The van der Waals surface area contributed by atoms with Gasteiger partial charge in [0.25, 0.3) is 5.91 Å². The Bertz CT molecular complexity index is 554. The summed E-state index contributed by atoms with van der Waals surface area (Å²) in [6.45, 7) is 0. The van der Waals surface area contributed by atoms with Crippen molar-refractivity contribution >= 4 is 22.5 Å². The number of hydrogen-bond acceptors (Lipinski definition) is 2.